The molecule has 0 aromatic carbocycles. The van der Waals surface area contributed by atoms with E-state index in [4.69, 9.17) is 5.73 Å². The molecule has 0 aliphatic carbocycles. The molecule has 2 heterocycles. The molecule has 3 nitrogen and oxygen atoms in total. The summed E-state index contributed by atoms with van der Waals surface area (Å²) in [7, 11) is 0. The van der Waals surface area contributed by atoms with Crippen LogP contribution in [0.15, 0.2) is 10.9 Å². The third-order valence-electron chi connectivity index (χ3n) is 3.67. The predicted octanol–water partition coefficient (Wildman–Crippen LogP) is 2.26. The van der Waals surface area contributed by atoms with Crippen LogP contribution < -0.4 is 5.73 Å². The fraction of sp³-hybridized carbons (Fsp3) is 0.750. The van der Waals surface area contributed by atoms with Crippen LogP contribution in [0.4, 0.5) is 0 Å². The first-order valence-corrected chi connectivity index (χ1v) is 7.00. The summed E-state index contributed by atoms with van der Waals surface area (Å²) < 4.78 is 0. The van der Waals surface area contributed by atoms with Gasteiger partial charge in [-0.1, -0.05) is 6.92 Å². The summed E-state index contributed by atoms with van der Waals surface area (Å²) in [4.78, 5) is 6.94. The van der Waals surface area contributed by atoms with Gasteiger partial charge < -0.3 is 5.73 Å². The minimum absolute atomic E-state index is 0.410. The van der Waals surface area contributed by atoms with Crippen molar-refractivity contribution in [2.45, 2.75) is 38.8 Å². The average molecular weight is 239 g/mol. The van der Waals surface area contributed by atoms with E-state index in [9.17, 15) is 0 Å². The Kier molecular flexibility index (Phi) is 3.95. The largest absolute Gasteiger partial charge is 0.329 e. The second-order valence-electron chi connectivity index (χ2n) is 4.85. The number of hydrogen-bond acceptors (Lipinski definition) is 4. The summed E-state index contributed by atoms with van der Waals surface area (Å²) in [5, 5.41) is 2.15. The van der Waals surface area contributed by atoms with Gasteiger partial charge in [0, 0.05) is 18.0 Å². The van der Waals surface area contributed by atoms with Gasteiger partial charge >= 0.3 is 0 Å². The molecule has 0 radical (unpaired) electrons. The summed E-state index contributed by atoms with van der Waals surface area (Å²) in [5.41, 5.74) is 8.99. The van der Waals surface area contributed by atoms with Crippen LogP contribution >= 0.6 is 11.3 Å². The lowest BCUT2D eigenvalue weighted by Crippen LogP contribution is -2.47. The van der Waals surface area contributed by atoms with Crippen molar-refractivity contribution >= 4 is 11.3 Å². The number of nitrogens with two attached hydrogens (primary N) is 1. The second kappa shape index (κ2) is 5.25. The Balaban J connectivity index is 2.07. The number of piperidine rings is 1. The molecule has 0 amide bonds. The van der Waals surface area contributed by atoms with Crippen molar-refractivity contribution < 1.29 is 0 Å². The normalized spacial score (nSPS) is 29.2. The monoisotopic (exact) mass is 239 g/mol. The van der Waals surface area contributed by atoms with E-state index >= 15 is 0 Å². The van der Waals surface area contributed by atoms with Crippen LogP contribution in [-0.2, 0) is 0 Å². The lowest BCUT2D eigenvalue weighted by molar-refractivity contribution is 0.0819. The quantitative estimate of drug-likeness (QED) is 0.880. The van der Waals surface area contributed by atoms with Crippen molar-refractivity contribution in [1.82, 2.24) is 9.88 Å². The highest BCUT2D eigenvalue weighted by molar-refractivity contribution is 7.07. The molecule has 16 heavy (non-hydrogen) atoms. The molecule has 90 valence electrons. The van der Waals surface area contributed by atoms with Crippen LogP contribution in [0.2, 0.25) is 0 Å². The van der Waals surface area contributed by atoms with Crippen LogP contribution in [0, 0.1) is 5.92 Å². The molecule has 1 aliphatic heterocycles. The van der Waals surface area contributed by atoms with Gasteiger partial charge in [0.2, 0.25) is 0 Å². The van der Waals surface area contributed by atoms with Crippen LogP contribution in [-0.4, -0.2) is 29.0 Å². The first-order chi connectivity index (χ1) is 7.72. The number of hydrogen-bond donors (Lipinski definition) is 1. The smallest absolute Gasteiger partial charge is 0.0795 e. The molecule has 2 rings (SSSR count). The fourth-order valence-corrected chi connectivity index (χ4v) is 3.25. The van der Waals surface area contributed by atoms with Crippen molar-refractivity contribution in [1.29, 1.82) is 0 Å². The van der Waals surface area contributed by atoms with Crippen molar-refractivity contribution in [3.05, 3.63) is 16.6 Å². The van der Waals surface area contributed by atoms with E-state index in [1.165, 1.54) is 18.5 Å². The van der Waals surface area contributed by atoms with Gasteiger partial charge in [0.15, 0.2) is 0 Å². The molecule has 1 aromatic heterocycles. The van der Waals surface area contributed by atoms with Crippen LogP contribution in [0.25, 0.3) is 0 Å². The first-order valence-electron chi connectivity index (χ1n) is 6.06. The van der Waals surface area contributed by atoms with Gasteiger partial charge in [-0.25, -0.2) is 4.98 Å². The zero-order valence-corrected chi connectivity index (χ0v) is 10.9. The Morgan fingerprint density at radius 2 is 2.50 bits per heavy atom. The highest BCUT2D eigenvalue weighted by atomic mass is 32.1. The van der Waals surface area contributed by atoms with Crippen molar-refractivity contribution in [3.8, 4) is 0 Å². The number of nitrogens with zero attached hydrogens (tertiary/aromatic N) is 2. The summed E-state index contributed by atoms with van der Waals surface area (Å²) in [6.45, 7) is 6.49. The molecule has 1 saturated heterocycles. The summed E-state index contributed by atoms with van der Waals surface area (Å²) >= 11 is 1.67. The van der Waals surface area contributed by atoms with E-state index in [0.29, 0.717) is 12.1 Å². The number of aromatic nitrogens is 1. The maximum Gasteiger partial charge on any atom is 0.0795 e. The highest BCUT2D eigenvalue weighted by Gasteiger charge is 2.29. The molecule has 4 heteroatoms. The van der Waals surface area contributed by atoms with E-state index in [-0.39, 0.29) is 0 Å². The van der Waals surface area contributed by atoms with Gasteiger partial charge in [0.1, 0.15) is 0 Å². The third-order valence-corrected chi connectivity index (χ3v) is 4.28. The molecule has 3 atom stereocenters. The van der Waals surface area contributed by atoms with Gasteiger partial charge in [-0.2, -0.15) is 0 Å². The van der Waals surface area contributed by atoms with E-state index in [1.807, 2.05) is 5.51 Å². The summed E-state index contributed by atoms with van der Waals surface area (Å²) in [5.74, 6) is 0.812. The summed E-state index contributed by atoms with van der Waals surface area (Å²) in [6, 6.07) is 0.938. The van der Waals surface area contributed by atoms with E-state index in [2.05, 4.69) is 29.1 Å². The maximum atomic E-state index is 5.89. The minimum atomic E-state index is 0.410. The van der Waals surface area contributed by atoms with Crippen LogP contribution in [0.3, 0.4) is 0 Å². The van der Waals surface area contributed by atoms with Gasteiger partial charge in [-0.15, -0.1) is 11.3 Å². The minimum Gasteiger partial charge on any atom is -0.329 e. The van der Waals surface area contributed by atoms with Gasteiger partial charge in [0.05, 0.1) is 17.2 Å². The predicted molar refractivity (Wildman–Crippen MR) is 68.5 cm³/mol. The lowest BCUT2D eigenvalue weighted by atomic mass is 9.91. The third kappa shape index (κ3) is 2.44. The van der Waals surface area contributed by atoms with E-state index < -0.39 is 0 Å². The number of likely N-dealkylation sites (tertiary alicyclic amines) is 1. The summed E-state index contributed by atoms with van der Waals surface area (Å²) in [6.07, 6.45) is 2.51. The fourth-order valence-electron chi connectivity index (χ4n) is 2.61. The number of rotatable bonds is 3. The van der Waals surface area contributed by atoms with E-state index in [1.54, 1.807) is 11.3 Å². The molecular weight excluding hydrogens is 218 g/mol. The zero-order valence-electron chi connectivity index (χ0n) is 10.1. The Hall–Kier alpha value is -0.450. The topological polar surface area (TPSA) is 42.2 Å². The lowest BCUT2D eigenvalue weighted by Gasteiger charge is -2.41. The molecule has 0 saturated carbocycles. The Labute approximate surface area is 102 Å². The average Bonchev–Trinajstić information content (AvgIpc) is 2.81. The highest BCUT2D eigenvalue weighted by Crippen LogP contribution is 2.30. The molecule has 1 aliphatic rings. The van der Waals surface area contributed by atoms with Gasteiger partial charge in [0.25, 0.3) is 0 Å². The number of thiazole rings is 1. The standard InChI is InChI=1S/C12H21N3S/c1-9-3-4-15(11(5-9)6-13)10(2)12-7-16-8-14-12/h7-11H,3-6,13H2,1-2H3. The molecule has 1 fully saturated rings. The maximum absolute atomic E-state index is 5.89. The molecule has 3 unspecified atom stereocenters. The van der Waals surface area contributed by atoms with Crippen LogP contribution in [0.1, 0.15) is 38.4 Å². The zero-order chi connectivity index (χ0) is 11.5. The molecule has 0 bridgehead atoms. The Morgan fingerprint density at radius 1 is 1.69 bits per heavy atom. The Bertz CT molecular complexity index is 312. The van der Waals surface area contributed by atoms with Gasteiger partial charge in [-0.3, -0.25) is 4.90 Å². The van der Waals surface area contributed by atoms with Crippen LogP contribution in [0.5, 0.6) is 0 Å². The van der Waals surface area contributed by atoms with Gasteiger partial charge in [-0.05, 0) is 32.2 Å². The molecule has 2 N–H and O–H groups in total. The SMILES string of the molecule is CC1CCN(C(C)c2cscn2)C(CN)C1. The second-order valence-corrected chi connectivity index (χ2v) is 5.56. The Morgan fingerprint density at radius 3 is 3.12 bits per heavy atom. The molecule has 0 spiro atoms. The van der Waals surface area contributed by atoms with E-state index in [0.717, 1.165) is 19.0 Å². The first kappa shape index (κ1) is 12.0. The molecule has 1 aromatic rings. The van der Waals surface area contributed by atoms with Crippen molar-refractivity contribution in [2.24, 2.45) is 11.7 Å². The molecular formula is C12H21N3S. The van der Waals surface area contributed by atoms with Crippen molar-refractivity contribution in [2.75, 3.05) is 13.1 Å². The van der Waals surface area contributed by atoms with Crippen molar-refractivity contribution in [3.63, 3.8) is 0 Å².